The monoisotopic (exact) mass is 718 g/mol. The predicted octanol–water partition coefficient (Wildman–Crippen LogP) is 8.87. The number of carbonyl (C=O) groups is 3. The summed E-state index contributed by atoms with van der Waals surface area (Å²) in [4.78, 5) is 44.8. The molecule has 0 atom stereocenters. The van der Waals surface area contributed by atoms with E-state index in [-0.39, 0.29) is 17.4 Å². The second kappa shape index (κ2) is 15.0. The van der Waals surface area contributed by atoms with E-state index in [9.17, 15) is 14.4 Å². The number of nitrogens with zero attached hydrogens (tertiary/aromatic N) is 1. The van der Waals surface area contributed by atoms with E-state index in [1.165, 1.54) is 23.1 Å². The van der Waals surface area contributed by atoms with Crippen LogP contribution in [0.1, 0.15) is 15.9 Å². The van der Waals surface area contributed by atoms with Gasteiger partial charge in [-0.3, -0.25) is 14.4 Å². The third-order valence-corrected chi connectivity index (χ3v) is 9.28. The number of anilines is 2. The Kier molecular flexibility index (Phi) is 10.2. The third-order valence-electron chi connectivity index (χ3n) is 7.00. The fourth-order valence-corrected chi connectivity index (χ4v) is 6.48. The molecule has 0 aliphatic carbocycles. The van der Waals surface area contributed by atoms with E-state index in [2.05, 4.69) is 36.9 Å². The summed E-state index contributed by atoms with van der Waals surface area (Å²) in [6.45, 7) is 0. The standard InChI is InChI=1S/C37H27BrN4O3S2/c38-28-18-16-25(17-19-28)33-22-47-37(41-33)42-34(43)23-46-30-14-7-13-29(21-30)39-36(45)32(40-35(44)26-9-2-1-3-10-26)20-27-12-6-11-24-8-4-5-15-31(24)27/h1-22H,23H2,(H,39,45)(H,40,44)(H,41,42,43)/b32-20+. The van der Waals surface area contributed by atoms with Crippen LogP contribution in [0.4, 0.5) is 10.8 Å². The van der Waals surface area contributed by atoms with Crippen LogP contribution in [0.5, 0.6) is 0 Å². The zero-order valence-corrected chi connectivity index (χ0v) is 28.0. The minimum Gasteiger partial charge on any atom is -0.321 e. The van der Waals surface area contributed by atoms with Crippen molar-refractivity contribution in [2.75, 3.05) is 16.4 Å². The quantitative estimate of drug-likeness (QED) is 0.0971. The van der Waals surface area contributed by atoms with Gasteiger partial charge in [0.1, 0.15) is 5.70 Å². The molecule has 0 fully saturated rings. The third kappa shape index (κ3) is 8.42. The minimum atomic E-state index is -0.479. The van der Waals surface area contributed by atoms with Gasteiger partial charge in [0.15, 0.2) is 5.13 Å². The van der Waals surface area contributed by atoms with Crippen LogP contribution in [-0.4, -0.2) is 28.5 Å². The highest BCUT2D eigenvalue weighted by molar-refractivity contribution is 9.10. The summed E-state index contributed by atoms with van der Waals surface area (Å²) in [7, 11) is 0. The van der Waals surface area contributed by atoms with E-state index in [0.717, 1.165) is 37.0 Å². The van der Waals surface area contributed by atoms with Gasteiger partial charge in [-0.1, -0.05) is 94.8 Å². The maximum Gasteiger partial charge on any atom is 0.272 e. The van der Waals surface area contributed by atoms with Gasteiger partial charge in [-0.25, -0.2) is 4.98 Å². The first-order chi connectivity index (χ1) is 22.9. The second-order valence-electron chi connectivity index (χ2n) is 10.3. The number of thiazole rings is 1. The Bertz CT molecular complexity index is 2090. The van der Waals surface area contributed by atoms with Crippen LogP contribution in [0.3, 0.4) is 0 Å². The average molecular weight is 720 g/mol. The predicted molar refractivity (Wildman–Crippen MR) is 196 cm³/mol. The molecule has 0 bridgehead atoms. The molecule has 0 spiro atoms. The number of amides is 3. The minimum absolute atomic E-state index is 0.0959. The largest absolute Gasteiger partial charge is 0.321 e. The SMILES string of the molecule is O=C(CSc1cccc(NC(=O)/C(=C\c2cccc3ccccc23)NC(=O)c2ccccc2)c1)Nc1nc(-c2ccc(Br)cc2)cs1. The molecular formula is C37H27BrN4O3S2. The van der Waals surface area contributed by atoms with Crippen molar-refractivity contribution in [2.24, 2.45) is 0 Å². The van der Waals surface area contributed by atoms with Gasteiger partial charge in [0.05, 0.1) is 11.4 Å². The van der Waals surface area contributed by atoms with Crippen molar-refractivity contribution in [1.82, 2.24) is 10.3 Å². The van der Waals surface area contributed by atoms with Crippen LogP contribution < -0.4 is 16.0 Å². The summed E-state index contributed by atoms with van der Waals surface area (Å²) in [5.74, 6) is -0.909. The summed E-state index contributed by atoms with van der Waals surface area (Å²) >= 11 is 6.14. The van der Waals surface area contributed by atoms with E-state index in [1.54, 1.807) is 48.5 Å². The molecular weight excluding hydrogens is 692 g/mol. The highest BCUT2D eigenvalue weighted by atomic mass is 79.9. The first kappa shape index (κ1) is 31.9. The lowest BCUT2D eigenvalue weighted by Gasteiger charge is -2.13. The normalized spacial score (nSPS) is 11.2. The summed E-state index contributed by atoms with van der Waals surface area (Å²) < 4.78 is 0.985. The van der Waals surface area contributed by atoms with Gasteiger partial charge < -0.3 is 16.0 Å². The van der Waals surface area contributed by atoms with Gasteiger partial charge >= 0.3 is 0 Å². The van der Waals surface area contributed by atoms with Gasteiger partial charge in [-0.15, -0.1) is 23.1 Å². The van der Waals surface area contributed by atoms with Gasteiger partial charge in [0.2, 0.25) is 5.91 Å². The average Bonchev–Trinajstić information content (AvgIpc) is 3.56. The van der Waals surface area contributed by atoms with E-state index in [0.29, 0.717) is 16.4 Å². The molecule has 1 aromatic heterocycles. The Morgan fingerprint density at radius 3 is 2.38 bits per heavy atom. The number of hydrogen-bond acceptors (Lipinski definition) is 6. The van der Waals surface area contributed by atoms with Crippen LogP contribution in [0.25, 0.3) is 28.1 Å². The lowest BCUT2D eigenvalue weighted by Crippen LogP contribution is -2.30. The Morgan fingerprint density at radius 2 is 1.55 bits per heavy atom. The van der Waals surface area contributed by atoms with Crippen LogP contribution >= 0.6 is 39.0 Å². The second-order valence-corrected chi connectivity index (χ2v) is 13.1. The van der Waals surface area contributed by atoms with Gasteiger partial charge in [0, 0.05) is 31.6 Å². The molecule has 6 rings (SSSR count). The highest BCUT2D eigenvalue weighted by Crippen LogP contribution is 2.27. The Morgan fingerprint density at radius 1 is 0.809 bits per heavy atom. The van der Waals surface area contributed by atoms with Gasteiger partial charge in [0.25, 0.3) is 11.8 Å². The molecule has 7 nitrogen and oxygen atoms in total. The zero-order chi connectivity index (χ0) is 32.6. The number of carbonyl (C=O) groups excluding carboxylic acids is 3. The molecule has 3 N–H and O–H groups in total. The number of aromatic nitrogens is 1. The zero-order valence-electron chi connectivity index (χ0n) is 24.8. The fraction of sp³-hybridized carbons (Fsp3) is 0.0270. The van der Waals surface area contributed by atoms with E-state index in [4.69, 9.17) is 0 Å². The van der Waals surface area contributed by atoms with E-state index in [1.807, 2.05) is 84.2 Å². The number of hydrogen-bond donors (Lipinski definition) is 3. The highest BCUT2D eigenvalue weighted by Gasteiger charge is 2.16. The molecule has 0 saturated carbocycles. The van der Waals surface area contributed by atoms with Gasteiger partial charge in [-0.05, 0) is 64.9 Å². The maximum atomic E-state index is 13.6. The number of rotatable bonds is 10. The van der Waals surface area contributed by atoms with Crippen LogP contribution in [0.2, 0.25) is 0 Å². The number of nitrogens with one attached hydrogen (secondary N) is 3. The molecule has 232 valence electrons. The number of thioether (sulfide) groups is 1. The molecule has 3 amide bonds. The van der Waals surface area contributed by atoms with Crippen LogP contribution in [0.15, 0.2) is 142 Å². The maximum absolute atomic E-state index is 13.6. The summed E-state index contributed by atoms with van der Waals surface area (Å²) in [6.07, 6.45) is 1.68. The Balaban J connectivity index is 1.14. The number of halogens is 1. The lowest BCUT2D eigenvalue weighted by molar-refractivity contribution is -0.114. The van der Waals surface area contributed by atoms with E-state index < -0.39 is 11.8 Å². The molecule has 0 unspecified atom stereocenters. The first-order valence-electron chi connectivity index (χ1n) is 14.5. The molecule has 0 radical (unpaired) electrons. The molecule has 0 aliphatic heterocycles. The number of benzene rings is 5. The Labute approximate surface area is 288 Å². The van der Waals surface area contributed by atoms with Crippen molar-refractivity contribution < 1.29 is 14.4 Å². The van der Waals surface area contributed by atoms with Crippen molar-refractivity contribution in [3.63, 3.8) is 0 Å². The van der Waals surface area contributed by atoms with Crippen molar-refractivity contribution >= 4 is 84.4 Å². The first-order valence-corrected chi connectivity index (χ1v) is 17.2. The molecule has 0 saturated heterocycles. The topological polar surface area (TPSA) is 100 Å². The summed E-state index contributed by atoms with van der Waals surface area (Å²) in [5, 5.41) is 13.0. The van der Waals surface area contributed by atoms with Crippen molar-refractivity contribution in [1.29, 1.82) is 0 Å². The van der Waals surface area contributed by atoms with Crippen molar-refractivity contribution in [3.05, 3.63) is 148 Å². The van der Waals surface area contributed by atoms with Crippen LogP contribution in [-0.2, 0) is 9.59 Å². The van der Waals surface area contributed by atoms with E-state index >= 15 is 0 Å². The lowest BCUT2D eigenvalue weighted by atomic mass is 10.0. The summed E-state index contributed by atoms with van der Waals surface area (Å²) in [6, 6.07) is 37.5. The molecule has 10 heteroatoms. The fourth-order valence-electron chi connectivity index (χ4n) is 4.72. The molecule has 6 aromatic rings. The van der Waals surface area contributed by atoms with Crippen LogP contribution in [0, 0.1) is 0 Å². The summed E-state index contributed by atoms with van der Waals surface area (Å²) in [5.41, 5.74) is 3.61. The van der Waals surface area contributed by atoms with Gasteiger partial charge in [-0.2, -0.15) is 0 Å². The smallest absolute Gasteiger partial charge is 0.272 e. The van der Waals surface area contributed by atoms with Crippen molar-refractivity contribution in [3.8, 4) is 11.3 Å². The molecule has 5 aromatic carbocycles. The number of fused-ring (bicyclic) bond motifs is 1. The molecule has 47 heavy (non-hydrogen) atoms. The Hall–Kier alpha value is -5.03. The van der Waals surface area contributed by atoms with Crippen molar-refractivity contribution in [2.45, 2.75) is 4.90 Å². The molecule has 1 heterocycles. The molecule has 0 aliphatic rings.